The van der Waals surface area contributed by atoms with Crippen LogP contribution in [0.2, 0.25) is 0 Å². The first-order valence-electron chi connectivity index (χ1n) is 7.49. The van der Waals surface area contributed by atoms with E-state index in [1.165, 1.54) is 12.8 Å². The summed E-state index contributed by atoms with van der Waals surface area (Å²) in [5.41, 5.74) is 6.03. The molecule has 2 N–H and O–H groups in total. The molecule has 0 saturated carbocycles. The average Bonchev–Trinajstić information content (AvgIpc) is 2.80. The number of carbonyl (C=O) groups excluding carboxylic acids is 1. The molecule has 2 fully saturated rings. The van der Waals surface area contributed by atoms with Crippen LogP contribution in [0.4, 0.5) is 0 Å². The van der Waals surface area contributed by atoms with E-state index >= 15 is 0 Å². The largest absolute Gasteiger partial charge is 0.370 e. The van der Waals surface area contributed by atoms with Crippen LogP contribution >= 0.6 is 0 Å². The van der Waals surface area contributed by atoms with Crippen molar-refractivity contribution in [2.75, 3.05) is 32.7 Å². The van der Waals surface area contributed by atoms with Crippen LogP contribution in [0.15, 0.2) is 4.99 Å². The van der Waals surface area contributed by atoms with Crippen LogP contribution in [0.25, 0.3) is 0 Å². The van der Waals surface area contributed by atoms with Gasteiger partial charge >= 0.3 is 0 Å². The van der Waals surface area contributed by atoms with E-state index < -0.39 is 0 Å². The Balaban J connectivity index is 1.68. The summed E-state index contributed by atoms with van der Waals surface area (Å²) in [6, 6.07) is 0. The van der Waals surface area contributed by atoms with E-state index in [1.807, 2.05) is 4.90 Å². The van der Waals surface area contributed by atoms with E-state index in [0.717, 1.165) is 52.0 Å². The van der Waals surface area contributed by atoms with E-state index in [4.69, 9.17) is 5.73 Å². The second kappa shape index (κ2) is 6.78. The average molecular weight is 266 g/mol. The van der Waals surface area contributed by atoms with Crippen molar-refractivity contribution in [1.82, 2.24) is 9.80 Å². The minimum Gasteiger partial charge on any atom is -0.370 e. The summed E-state index contributed by atoms with van der Waals surface area (Å²) in [5.74, 6) is 1.69. The summed E-state index contributed by atoms with van der Waals surface area (Å²) in [5, 5.41) is 0. The topological polar surface area (TPSA) is 61.9 Å². The van der Waals surface area contributed by atoms with Gasteiger partial charge < -0.3 is 15.5 Å². The first kappa shape index (κ1) is 14.2. The molecule has 0 bridgehead atoms. The Morgan fingerprint density at radius 2 is 2.26 bits per heavy atom. The second-order valence-corrected chi connectivity index (χ2v) is 5.77. The molecule has 19 heavy (non-hydrogen) atoms. The standard InChI is InChI=1S/C14H26N4O/c1-12-5-2-9-18(11-12)14(15)16-7-4-10-17-8-3-6-13(17)19/h12H,2-11H2,1H3,(H2,15,16). The Hall–Kier alpha value is -1.26. The zero-order valence-corrected chi connectivity index (χ0v) is 12.0. The molecule has 0 aromatic heterocycles. The third-order valence-corrected chi connectivity index (χ3v) is 4.01. The van der Waals surface area contributed by atoms with Gasteiger partial charge in [-0.3, -0.25) is 9.79 Å². The molecule has 0 radical (unpaired) electrons. The lowest BCUT2D eigenvalue weighted by atomic mass is 10.0. The van der Waals surface area contributed by atoms with Crippen molar-refractivity contribution in [2.24, 2.45) is 16.6 Å². The molecule has 0 aromatic carbocycles. The van der Waals surface area contributed by atoms with Gasteiger partial charge in [-0.15, -0.1) is 0 Å². The van der Waals surface area contributed by atoms with Crippen LogP contribution in [-0.4, -0.2) is 54.4 Å². The van der Waals surface area contributed by atoms with Gasteiger partial charge in [-0.1, -0.05) is 6.92 Å². The third kappa shape index (κ3) is 4.11. The number of hydrogen-bond acceptors (Lipinski definition) is 2. The first-order chi connectivity index (χ1) is 9.16. The van der Waals surface area contributed by atoms with Crippen LogP contribution in [-0.2, 0) is 4.79 Å². The predicted molar refractivity (Wildman–Crippen MR) is 76.9 cm³/mol. The fraction of sp³-hybridized carbons (Fsp3) is 0.857. The monoisotopic (exact) mass is 266 g/mol. The molecule has 2 rings (SSSR count). The Bertz CT molecular complexity index is 342. The van der Waals surface area contributed by atoms with Crippen LogP contribution in [0.5, 0.6) is 0 Å². The number of amides is 1. The molecule has 2 saturated heterocycles. The highest BCUT2D eigenvalue weighted by Gasteiger charge is 2.19. The Morgan fingerprint density at radius 1 is 1.42 bits per heavy atom. The van der Waals surface area contributed by atoms with Crippen molar-refractivity contribution in [3.05, 3.63) is 0 Å². The maximum atomic E-state index is 11.4. The number of guanidine groups is 1. The predicted octanol–water partition coefficient (Wildman–Crippen LogP) is 1.05. The van der Waals surface area contributed by atoms with Gasteiger partial charge in [0.1, 0.15) is 0 Å². The summed E-state index contributed by atoms with van der Waals surface area (Å²) < 4.78 is 0. The lowest BCUT2D eigenvalue weighted by molar-refractivity contribution is -0.127. The minimum atomic E-state index is 0.293. The van der Waals surface area contributed by atoms with E-state index in [2.05, 4.69) is 16.8 Å². The minimum absolute atomic E-state index is 0.293. The van der Waals surface area contributed by atoms with Crippen molar-refractivity contribution in [2.45, 2.75) is 39.0 Å². The number of hydrogen-bond donors (Lipinski definition) is 1. The summed E-state index contributed by atoms with van der Waals surface area (Å²) in [6.45, 7) is 6.79. The van der Waals surface area contributed by atoms with E-state index in [0.29, 0.717) is 17.8 Å². The Labute approximate surface area is 115 Å². The molecule has 0 spiro atoms. The highest BCUT2D eigenvalue weighted by Crippen LogP contribution is 2.15. The van der Waals surface area contributed by atoms with Crippen molar-refractivity contribution >= 4 is 11.9 Å². The number of aliphatic imine (C=N–C) groups is 1. The molecule has 2 aliphatic heterocycles. The van der Waals surface area contributed by atoms with E-state index in [9.17, 15) is 4.79 Å². The summed E-state index contributed by atoms with van der Waals surface area (Å²) in [4.78, 5) is 20.0. The van der Waals surface area contributed by atoms with Crippen molar-refractivity contribution < 1.29 is 4.79 Å². The SMILES string of the molecule is CC1CCCN(C(N)=NCCCN2CCCC2=O)C1. The first-order valence-corrected chi connectivity index (χ1v) is 7.49. The van der Waals surface area contributed by atoms with Crippen LogP contribution in [0.1, 0.15) is 39.0 Å². The number of carbonyl (C=O) groups is 1. The molecule has 2 aliphatic rings. The van der Waals surface area contributed by atoms with Crippen LogP contribution in [0.3, 0.4) is 0 Å². The number of likely N-dealkylation sites (tertiary alicyclic amines) is 2. The number of rotatable bonds is 4. The molecule has 1 atom stereocenters. The molecule has 0 aromatic rings. The summed E-state index contributed by atoms with van der Waals surface area (Å²) >= 11 is 0. The molecular formula is C14H26N4O. The smallest absolute Gasteiger partial charge is 0.222 e. The molecule has 5 heteroatoms. The maximum absolute atomic E-state index is 11.4. The second-order valence-electron chi connectivity index (χ2n) is 5.77. The van der Waals surface area contributed by atoms with Gasteiger partial charge in [-0.2, -0.15) is 0 Å². The zero-order chi connectivity index (χ0) is 13.7. The third-order valence-electron chi connectivity index (χ3n) is 4.01. The Morgan fingerprint density at radius 3 is 2.95 bits per heavy atom. The van der Waals surface area contributed by atoms with Gasteiger partial charge in [0.25, 0.3) is 0 Å². The molecule has 1 unspecified atom stereocenters. The fourth-order valence-corrected chi connectivity index (χ4v) is 2.89. The number of piperidine rings is 1. The lowest BCUT2D eigenvalue weighted by Gasteiger charge is -2.31. The van der Waals surface area contributed by atoms with Gasteiger partial charge in [0.15, 0.2) is 5.96 Å². The highest BCUT2D eigenvalue weighted by molar-refractivity contribution is 5.78. The highest BCUT2D eigenvalue weighted by atomic mass is 16.2. The van der Waals surface area contributed by atoms with Crippen LogP contribution < -0.4 is 5.73 Å². The van der Waals surface area contributed by atoms with Gasteiger partial charge in [0.2, 0.25) is 5.91 Å². The van der Waals surface area contributed by atoms with E-state index in [-0.39, 0.29) is 0 Å². The zero-order valence-electron chi connectivity index (χ0n) is 12.0. The van der Waals surface area contributed by atoms with E-state index in [1.54, 1.807) is 0 Å². The van der Waals surface area contributed by atoms with Crippen molar-refractivity contribution in [3.63, 3.8) is 0 Å². The van der Waals surface area contributed by atoms with Gasteiger partial charge in [0.05, 0.1) is 0 Å². The molecule has 108 valence electrons. The van der Waals surface area contributed by atoms with Gasteiger partial charge in [-0.05, 0) is 31.6 Å². The maximum Gasteiger partial charge on any atom is 0.222 e. The number of nitrogens with zero attached hydrogens (tertiary/aromatic N) is 3. The molecule has 1 amide bonds. The molecule has 5 nitrogen and oxygen atoms in total. The Kier molecular flexibility index (Phi) is 5.05. The van der Waals surface area contributed by atoms with Crippen molar-refractivity contribution in [3.8, 4) is 0 Å². The van der Waals surface area contributed by atoms with Crippen LogP contribution in [0, 0.1) is 5.92 Å². The van der Waals surface area contributed by atoms with Gasteiger partial charge in [-0.25, -0.2) is 0 Å². The molecule has 2 heterocycles. The van der Waals surface area contributed by atoms with Crippen molar-refractivity contribution in [1.29, 1.82) is 0 Å². The quantitative estimate of drug-likeness (QED) is 0.470. The number of nitrogens with two attached hydrogens (primary N) is 1. The lowest BCUT2D eigenvalue weighted by Crippen LogP contribution is -2.43. The summed E-state index contributed by atoms with van der Waals surface area (Å²) in [6.07, 6.45) is 5.14. The normalized spacial score (nSPS) is 25.2. The molecule has 0 aliphatic carbocycles. The van der Waals surface area contributed by atoms with Gasteiger partial charge in [0, 0.05) is 39.1 Å². The summed E-state index contributed by atoms with van der Waals surface area (Å²) in [7, 11) is 0. The fourth-order valence-electron chi connectivity index (χ4n) is 2.89. The molecular weight excluding hydrogens is 240 g/mol.